The number of carbonyl (C=O) groups is 13. The number of ether oxygens (including phenoxy) is 18. The molecule has 0 radical (unpaired) electrons. The number of phenols is 4. The van der Waals surface area contributed by atoms with Crippen LogP contribution in [-0.2, 0) is 90.6 Å². The largest absolute Gasteiger partial charge is 0.504 e. The molecule has 4 N–H and O–H groups in total. The van der Waals surface area contributed by atoms with E-state index in [2.05, 4.69) is 18.9 Å². The van der Waals surface area contributed by atoms with E-state index in [4.69, 9.17) is 75.2 Å². The second-order valence-electron chi connectivity index (χ2n) is 27.2. The van der Waals surface area contributed by atoms with Crippen molar-refractivity contribution >= 4 is 124 Å². The van der Waals surface area contributed by atoms with Gasteiger partial charge in [0.1, 0.15) is 46.7 Å². The Bertz CT molecular complexity index is 6220. The van der Waals surface area contributed by atoms with Crippen molar-refractivity contribution in [1.82, 2.24) is 0 Å². The molecule has 12 rings (SSSR count). The lowest BCUT2D eigenvalue weighted by Crippen LogP contribution is -2.20. The summed E-state index contributed by atoms with van der Waals surface area (Å²) in [5.74, 6) is -9.58. The Kier molecular flexibility index (Phi) is 32.5. The van der Waals surface area contributed by atoms with E-state index in [-0.39, 0.29) is 102 Å². The Morgan fingerprint density at radius 2 is 0.646 bits per heavy atom. The second kappa shape index (κ2) is 43.6. The molecule has 0 fully saturated rings. The van der Waals surface area contributed by atoms with Gasteiger partial charge in [-0.15, -0.1) is 0 Å². The zero-order valence-corrected chi connectivity index (χ0v) is 72.2. The number of fused-ring (bicyclic) bond motifs is 4. The number of esters is 13. The summed E-state index contributed by atoms with van der Waals surface area (Å²) in [6, 6.07) is 30.0. The number of methoxy groups -OCH3 is 11. The fourth-order valence-electron chi connectivity index (χ4n) is 13.1. The lowest BCUT2D eigenvalue weighted by atomic mass is 9.90. The minimum absolute atomic E-state index is 0.00729. The maximum atomic E-state index is 12.9. The van der Waals surface area contributed by atoms with Crippen molar-refractivity contribution in [3.8, 4) is 103 Å². The highest BCUT2D eigenvalue weighted by Gasteiger charge is 2.45. The molecule has 0 amide bonds. The quantitative estimate of drug-likeness (QED) is 0.0143. The van der Waals surface area contributed by atoms with Crippen LogP contribution >= 0.6 is 0 Å². The molecule has 2 aliphatic rings. The highest BCUT2D eigenvalue weighted by molar-refractivity contribution is 6.12. The number of rotatable bonds is 24. The summed E-state index contributed by atoms with van der Waals surface area (Å²) in [7, 11) is 14.4. The number of furan rings is 2. The molecule has 0 spiro atoms. The Labute approximate surface area is 738 Å². The molecule has 37 heteroatoms. The number of benzene rings is 8. The van der Waals surface area contributed by atoms with Crippen LogP contribution in [0.3, 0.4) is 0 Å². The predicted octanol–water partition coefficient (Wildman–Crippen LogP) is 13.1. The summed E-state index contributed by atoms with van der Waals surface area (Å²) in [5, 5.41) is 40.9. The molecule has 0 unspecified atom stereocenters. The van der Waals surface area contributed by atoms with Crippen LogP contribution in [0.5, 0.6) is 80.5 Å². The van der Waals surface area contributed by atoms with Gasteiger partial charge in [-0.25, -0.2) is 28.8 Å². The highest BCUT2D eigenvalue weighted by atomic mass is 16.6. The molecule has 8 aromatic carbocycles. The van der Waals surface area contributed by atoms with Gasteiger partial charge >= 0.3 is 77.6 Å². The zero-order valence-electron chi connectivity index (χ0n) is 72.2. The number of aromatic hydroxyl groups is 4. The highest BCUT2D eigenvalue weighted by Crippen LogP contribution is 2.55. The van der Waals surface area contributed by atoms with Crippen LogP contribution in [0.4, 0.5) is 0 Å². The van der Waals surface area contributed by atoms with Gasteiger partial charge in [0.15, 0.2) is 91.7 Å². The molecule has 0 bridgehead atoms. The van der Waals surface area contributed by atoms with Gasteiger partial charge in [-0.3, -0.25) is 33.6 Å². The van der Waals surface area contributed by atoms with E-state index in [9.17, 15) is 82.8 Å². The Morgan fingerprint density at radius 3 is 1.02 bits per heavy atom. The lowest BCUT2D eigenvalue weighted by Gasteiger charge is -2.19. The minimum Gasteiger partial charge on any atom is -0.504 e. The second-order valence-corrected chi connectivity index (χ2v) is 27.2. The van der Waals surface area contributed by atoms with E-state index in [1.165, 1.54) is 228 Å². The molecule has 10 aromatic rings. The molecule has 678 valence electrons. The molecule has 37 nitrogen and oxygen atoms in total. The molecule has 0 aliphatic carbocycles. The van der Waals surface area contributed by atoms with E-state index in [0.29, 0.717) is 78.3 Å². The molecule has 4 atom stereocenters. The molecular formula is C93H84O37. The maximum absolute atomic E-state index is 12.9. The third-order valence-corrected chi connectivity index (χ3v) is 18.7. The van der Waals surface area contributed by atoms with Gasteiger partial charge in [0, 0.05) is 91.9 Å². The van der Waals surface area contributed by atoms with Crippen LogP contribution in [0.2, 0.25) is 0 Å². The first kappa shape index (κ1) is 96.9. The standard InChI is InChI=1S/C26H22O11.C24H22O10.C23H22O8.C20H18O8/c1-13(27)34-19-8-7-17(12-20(19)35-14(2)28)24-23(26(31)33-5)18-10-16(6-9-22(30)32-4)11-21(25(18)37-24)36-15(3)29;1-12(25)32-18-7-6-15(11-19(18)33-13(2)26)22-21(24(29)31-4)16-9-14(5-8-20(28)30-3)10-17(27)23(16)34-22;1-26-16-8-7-14(12-17(16)27-2)21-20(23(25)30-5)15-10-13(6-9-19(24)29-4)11-18(28-3)22(15)31-21;1-26-16(24)6-3-10-7-12-17(20(25)27-2)18(28-19(12)15(23)8-10)11-4-5-13(21)14(22)9-11/h6-12H,1-5H3;5-11,21-22,27H,1-4H3;6-12H,1-5H3;3-9,17-18,21-23H,1-2H3/b9-6+;8-5+;9-6+;6-3+/t;21-,22+;;17-,18+/m.1.1/s1. The number of carbonyl (C=O) groups excluding carboxylic acids is 13. The van der Waals surface area contributed by atoms with Gasteiger partial charge in [-0.05, 0) is 167 Å². The van der Waals surface area contributed by atoms with Crippen LogP contribution < -0.4 is 47.4 Å². The van der Waals surface area contributed by atoms with E-state index < -0.39 is 102 Å². The summed E-state index contributed by atoms with van der Waals surface area (Å²) in [6.07, 6.45) is 8.72. The first-order valence-corrected chi connectivity index (χ1v) is 38.1. The summed E-state index contributed by atoms with van der Waals surface area (Å²) in [6.45, 7) is 5.92. The van der Waals surface area contributed by atoms with Crippen molar-refractivity contribution < 1.29 is 177 Å². The summed E-state index contributed by atoms with van der Waals surface area (Å²) >= 11 is 0. The maximum Gasteiger partial charge on any atom is 0.342 e. The van der Waals surface area contributed by atoms with Gasteiger partial charge < -0.3 is 115 Å². The van der Waals surface area contributed by atoms with Crippen LogP contribution in [0, 0.1) is 0 Å². The van der Waals surface area contributed by atoms with Gasteiger partial charge in [0.2, 0.25) is 0 Å². The molecule has 4 heterocycles. The summed E-state index contributed by atoms with van der Waals surface area (Å²) in [5.41, 5.74) is 4.81. The van der Waals surface area contributed by atoms with Crippen molar-refractivity contribution in [2.75, 3.05) is 78.2 Å². The monoisotopic (exact) mass is 1790 g/mol. The van der Waals surface area contributed by atoms with Crippen LogP contribution in [0.15, 0.2) is 154 Å². The normalized spacial score (nSPS) is 13.8. The van der Waals surface area contributed by atoms with Crippen LogP contribution in [0.25, 0.3) is 68.9 Å². The zero-order chi connectivity index (χ0) is 95.2. The van der Waals surface area contributed by atoms with Gasteiger partial charge in [0.25, 0.3) is 0 Å². The van der Waals surface area contributed by atoms with Crippen LogP contribution in [-0.4, -0.2) is 176 Å². The molecule has 0 saturated heterocycles. The number of phenolic OH excluding ortho intramolecular Hbond substituents is 4. The first-order chi connectivity index (χ1) is 62.0. The third-order valence-electron chi connectivity index (χ3n) is 18.7. The van der Waals surface area contributed by atoms with E-state index in [1.807, 2.05) is 0 Å². The number of hydrogen-bond donors (Lipinski definition) is 4. The van der Waals surface area contributed by atoms with Crippen molar-refractivity contribution in [3.05, 3.63) is 201 Å². The van der Waals surface area contributed by atoms with Crippen molar-refractivity contribution in [1.29, 1.82) is 0 Å². The SMILES string of the molecule is COC(=O)/C=C/c1cc(O)c2c(c1)[C@@H](C(=O)OC)[C@H](c1ccc(O)c(O)c1)O2.COC(=O)/C=C/c1cc(O)c2c(c1)[C@@H](C(=O)OC)[C@H](c1ccc(OC(C)=O)c(OC(C)=O)c1)O2.COC(=O)/C=C/c1cc(OC(C)=O)c2oc(-c3ccc(OC(C)=O)c(OC(C)=O)c3)c(C(=O)OC)c2c1.COC(=O)/C=C/c1cc(OC)c2oc(-c3ccc(OC)c(OC)c3)c(C(=O)OC)c2c1. The fraction of sp³-hybridized carbons (Fsp3) is 0.215. The van der Waals surface area contributed by atoms with Gasteiger partial charge in [0.05, 0.1) is 78.2 Å². The molecule has 130 heavy (non-hydrogen) atoms. The van der Waals surface area contributed by atoms with Crippen molar-refractivity contribution in [2.24, 2.45) is 0 Å². The Hall–Kier alpha value is -16.9. The Morgan fingerprint density at radius 1 is 0.308 bits per heavy atom. The van der Waals surface area contributed by atoms with Crippen LogP contribution in [0.1, 0.15) is 124 Å². The van der Waals surface area contributed by atoms with Gasteiger partial charge in [-0.1, -0.05) is 12.1 Å². The Balaban J connectivity index is 0.000000196. The lowest BCUT2D eigenvalue weighted by molar-refractivity contribution is -0.145. The predicted molar refractivity (Wildman–Crippen MR) is 455 cm³/mol. The number of hydrogen-bond acceptors (Lipinski definition) is 37. The van der Waals surface area contributed by atoms with E-state index in [1.54, 1.807) is 48.5 Å². The third kappa shape index (κ3) is 23.2. The molecule has 2 aliphatic heterocycles. The smallest absolute Gasteiger partial charge is 0.342 e. The topological polar surface area (TPSA) is 495 Å². The molecule has 2 aromatic heterocycles. The summed E-state index contributed by atoms with van der Waals surface area (Å²) in [4.78, 5) is 154. The average Bonchev–Trinajstić information content (AvgIpc) is 1.61. The molecular weight excluding hydrogens is 1710 g/mol. The van der Waals surface area contributed by atoms with Crippen molar-refractivity contribution in [2.45, 2.75) is 58.7 Å². The molecule has 0 saturated carbocycles. The van der Waals surface area contributed by atoms with E-state index in [0.717, 1.165) is 6.08 Å². The van der Waals surface area contributed by atoms with E-state index >= 15 is 0 Å². The average molecular weight is 1790 g/mol. The minimum atomic E-state index is -0.998. The van der Waals surface area contributed by atoms with Gasteiger partial charge in [-0.2, -0.15) is 0 Å². The summed E-state index contributed by atoms with van der Waals surface area (Å²) < 4.78 is 104. The van der Waals surface area contributed by atoms with Crippen molar-refractivity contribution in [3.63, 3.8) is 0 Å². The fourth-order valence-corrected chi connectivity index (χ4v) is 13.1. The first-order valence-electron chi connectivity index (χ1n) is 38.1.